The molecule has 0 aromatic heterocycles. The van der Waals surface area contributed by atoms with Crippen LogP contribution in [0.3, 0.4) is 0 Å². The van der Waals surface area contributed by atoms with Gasteiger partial charge < -0.3 is 10.1 Å². The SMILES string of the molecule is CNC(C)(C#N)CCOc1cc(C)ccc1C(C)(C)C. The molecule has 0 spiro atoms. The molecule has 0 saturated heterocycles. The lowest BCUT2D eigenvalue weighted by Crippen LogP contribution is -2.39. The molecule has 1 N–H and O–H groups in total. The molecule has 0 amide bonds. The second-order valence-electron chi connectivity index (χ2n) is 6.54. The summed E-state index contributed by atoms with van der Waals surface area (Å²) in [7, 11) is 1.80. The molecule has 3 nitrogen and oxygen atoms in total. The number of hydrogen-bond acceptors (Lipinski definition) is 3. The van der Waals surface area contributed by atoms with Crippen LogP contribution in [0.4, 0.5) is 0 Å². The van der Waals surface area contributed by atoms with Crippen LogP contribution in [0.1, 0.15) is 45.2 Å². The van der Waals surface area contributed by atoms with Gasteiger partial charge in [-0.2, -0.15) is 5.26 Å². The van der Waals surface area contributed by atoms with Crippen LogP contribution < -0.4 is 10.1 Å². The first-order valence-electron chi connectivity index (χ1n) is 7.06. The number of nitriles is 1. The van der Waals surface area contributed by atoms with Crippen LogP contribution in [-0.4, -0.2) is 19.2 Å². The summed E-state index contributed by atoms with van der Waals surface area (Å²) in [5, 5.41) is 12.2. The molecule has 110 valence electrons. The fraction of sp³-hybridized carbons (Fsp3) is 0.588. The second-order valence-corrected chi connectivity index (χ2v) is 6.54. The predicted octanol–water partition coefficient (Wildman–Crippen LogP) is 3.56. The van der Waals surface area contributed by atoms with Crippen molar-refractivity contribution in [2.24, 2.45) is 0 Å². The minimum Gasteiger partial charge on any atom is -0.493 e. The molecule has 0 radical (unpaired) electrons. The van der Waals surface area contributed by atoms with Gasteiger partial charge in [-0.15, -0.1) is 0 Å². The van der Waals surface area contributed by atoms with Gasteiger partial charge in [-0.25, -0.2) is 0 Å². The highest BCUT2D eigenvalue weighted by molar-refractivity contribution is 5.41. The maximum atomic E-state index is 9.14. The van der Waals surface area contributed by atoms with E-state index in [4.69, 9.17) is 10.00 Å². The molecule has 0 aliphatic carbocycles. The first kappa shape index (κ1) is 16.5. The predicted molar refractivity (Wildman–Crippen MR) is 83.1 cm³/mol. The average Bonchev–Trinajstić information content (AvgIpc) is 2.37. The van der Waals surface area contributed by atoms with Crippen molar-refractivity contribution < 1.29 is 4.74 Å². The van der Waals surface area contributed by atoms with Gasteiger partial charge in [0, 0.05) is 6.42 Å². The maximum absolute atomic E-state index is 9.14. The normalized spacial score (nSPS) is 14.4. The van der Waals surface area contributed by atoms with Gasteiger partial charge in [0.2, 0.25) is 0 Å². The van der Waals surface area contributed by atoms with Crippen LogP contribution in [0, 0.1) is 18.3 Å². The first-order chi connectivity index (χ1) is 9.22. The summed E-state index contributed by atoms with van der Waals surface area (Å²) in [6, 6.07) is 8.60. The number of rotatable bonds is 5. The average molecular weight is 274 g/mol. The van der Waals surface area contributed by atoms with Gasteiger partial charge in [0.1, 0.15) is 11.3 Å². The van der Waals surface area contributed by atoms with Crippen molar-refractivity contribution in [2.75, 3.05) is 13.7 Å². The van der Waals surface area contributed by atoms with Gasteiger partial charge in [0.25, 0.3) is 0 Å². The Balaban J connectivity index is 2.83. The summed E-state index contributed by atoms with van der Waals surface area (Å²) in [5.74, 6) is 0.925. The first-order valence-corrected chi connectivity index (χ1v) is 7.06. The monoisotopic (exact) mass is 274 g/mol. The van der Waals surface area contributed by atoms with Crippen LogP contribution in [0.5, 0.6) is 5.75 Å². The third-order valence-electron chi connectivity index (χ3n) is 3.60. The Kier molecular flexibility index (Phi) is 5.19. The van der Waals surface area contributed by atoms with Gasteiger partial charge in [-0.3, -0.25) is 0 Å². The molecule has 20 heavy (non-hydrogen) atoms. The van der Waals surface area contributed by atoms with E-state index in [0.717, 1.165) is 5.75 Å². The summed E-state index contributed by atoms with van der Waals surface area (Å²) in [5.41, 5.74) is 1.90. The Morgan fingerprint density at radius 1 is 1.25 bits per heavy atom. The van der Waals surface area contributed by atoms with Gasteiger partial charge in [-0.1, -0.05) is 32.9 Å². The van der Waals surface area contributed by atoms with E-state index in [9.17, 15) is 0 Å². The van der Waals surface area contributed by atoms with Crippen molar-refractivity contribution in [1.29, 1.82) is 5.26 Å². The highest BCUT2D eigenvalue weighted by Gasteiger charge is 2.22. The van der Waals surface area contributed by atoms with Crippen molar-refractivity contribution in [2.45, 2.75) is 52.0 Å². The third-order valence-corrected chi connectivity index (χ3v) is 3.60. The lowest BCUT2D eigenvalue weighted by molar-refractivity contribution is 0.267. The lowest BCUT2D eigenvalue weighted by atomic mass is 9.86. The topological polar surface area (TPSA) is 45.0 Å². The van der Waals surface area contributed by atoms with E-state index in [1.165, 1.54) is 11.1 Å². The quantitative estimate of drug-likeness (QED) is 0.893. The van der Waals surface area contributed by atoms with Crippen molar-refractivity contribution in [1.82, 2.24) is 5.32 Å². The Morgan fingerprint density at radius 2 is 1.90 bits per heavy atom. The van der Waals surface area contributed by atoms with E-state index in [1.54, 1.807) is 7.05 Å². The molecule has 1 rings (SSSR count). The van der Waals surface area contributed by atoms with Crippen molar-refractivity contribution in [3.05, 3.63) is 29.3 Å². The molecule has 0 aliphatic rings. The van der Waals surface area contributed by atoms with Crippen molar-refractivity contribution in [3.8, 4) is 11.8 Å². The van der Waals surface area contributed by atoms with E-state index < -0.39 is 5.54 Å². The zero-order valence-electron chi connectivity index (χ0n) is 13.5. The van der Waals surface area contributed by atoms with Crippen molar-refractivity contribution in [3.63, 3.8) is 0 Å². The largest absolute Gasteiger partial charge is 0.493 e. The van der Waals surface area contributed by atoms with Crippen LogP contribution in [0.15, 0.2) is 18.2 Å². The number of nitrogens with one attached hydrogen (secondary N) is 1. The van der Waals surface area contributed by atoms with Gasteiger partial charge >= 0.3 is 0 Å². The number of ether oxygens (including phenoxy) is 1. The smallest absolute Gasteiger partial charge is 0.123 e. The summed E-state index contributed by atoms with van der Waals surface area (Å²) >= 11 is 0. The Hall–Kier alpha value is -1.53. The molecule has 0 aliphatic heterocycles. The summed E-state index contributed by atoms with van der Waals surface area (Å²) < 4.78 is 5.95. The van der Waals surface area contributed by atoms with E-state index >= 15 is 0 Å². The molecule has 0 bridgehead atoms. The number of nitrogens with zero attached hydrogens (tertiary/aromatic N) is 1. The number of benzene rings is 1. The molecular formula is C17H26N2O. The zero-order chi connectivity index (χ0) is 15.4. The Labute approximate surface area is 123 Å². The van der Waals surface area contributed by atoms with E-state index in [0.29, 0.717) is 13.0 Å². The summed E-state index contributed by atoms with van der Waals surface area (Å²) in [6.45, 7) is 11.0. The maximum Gasteiger partial charge on any atom is 0.123 e. The standard InChI is InChI=1S/C17H26N2O/c1-13-7-8-14(16(2,3)4)15(11-13)20-10-9-17(5,12-18)19-6/h7-8,11,19H,9-10H2,1-6H3. The molecule has 0 saturated carbocycles. The van der Waals surface area contributed by atoms with Gasteiger partial charge in [-0.05, 0) is 43.5 Å². The summed E-state index contributed by atoms with van der Waals surface area (Å²) in [6.07, 6.45) is 0.650. The molecule has 1 aromatic carbocycles. The van der Waals surface area contributed by atoms with E-state index in [1.807, 2.05) is 6.92 Å². The third kappa shape index (κ3) is 4.25. The molecule has 0 fully saturated rings. The minimum absolute atomic E-state index is 0.0462. The molecular weight excluding hydrogens is 248 g/mol. The van der Waals surface area contributed by atoms with E-state index in [-0.39, 0.29) is 5.41 Å². The lowest BCUT2D eigenvalue weighted by Gasteiger charge is -2.25. The minimum atomic E-state index is -0.536. The van der Waals surface area contributed by atoms with Gasteiger partial charge in [0.05, 0.1) is 12.7 Å². The van der Waals surface area contributed by atoms with Crippen LogP contribution >= 0.6 is 0 Å². The number of aryl methyl sites for hydroxylation is 1. The molecule has 1 atom stereocenters. The highest BCUT2D eigenvalue weighted by Crippen LogP contribution is 2.32. The molecule has 0 heterocycles. The zero-order valence-corrected chi connectivity index (χ0v) is 13.5. The Bertz CT molecular complexity index is 497. The molecule has 1 unspecified atom stereocenters. The van der Waals surface area contributed by atoms with Crippen molar-refractivity contribution >= 4 is 0 Å². The fourth-order valence-electron chi connectivity index (χ4n) is 1.97. The highest BCUT2D eigenvalue weighted by atomic mass is 16.5. The van der Waals surface area contributed by atoms with Crippen LogP contribution in [0.2, 0.25) is 0 Å². The molecule has 3 heteroatoms. The summed E-state index contributed by atoms with van der Waals surface area (Å²) in [4.78, 5) is 0. The Morgan fingerprint density at radius 3 is 2.40 bits per heavy atom. The van der Waals surface area contributed by atoms with Crippen LogP contribution in [-0.2, 0) is 5.41 Å². The molecule has 1 aromatic rings. The van der Waals surface area contributed by atoms with Gasteiger partial charge in [0.15, 0.2) is 0 Å². The van der Waals surface area contributed by atoms with E-state index in [2.05, 4.69) is 57.3 Å². The van der Waals surface area contributed by atoms with Crippen LogP contribution in [0.25, 0.3) is 0 Å². The fourth-order valence-corrected chi connectivity index (χ4v) is 1.97. The second kappa shape index (κ2) is 6.28. The number of hydrogen-bond donors (Lipinski definition) is 1.